The molecule has 0 fully saturated rings. The van der Waals surface area contributed by atoms with Gasteiger partial charge in [-0.1, -0.05) is 13.3 Å². The second kappa shape index (κ2) is 7.46. The molecule has 18 heavy (non-hydrogen) atoms. The van der Waals surface area contributed by atoms with Crippen molar-refractivity contribution >= 4 is 23.4 Å². The largest absolute Gasteiger partial charge is 0.383 e. The number of hydrogen-bond acceptors (Lipinski definition) is 5. The topological polar surface area (TPSA) is 55.0 Å². The molecule has 0 saturated carbocycles. The lowest BCUT2D eigenvalue weighted by atomic mass is 10.1. The first-order valence-corrected chi connectivity index (χ1v) is 7.82. The molecule has 1 heterocycles. The van der Waals surface area contributed by atoms with E-state index in [2.05, 4.69) is 42.0 Å². The van der Waals surface area contributed by atoms with Gasteiger partial charge in [0.1, 0.15) is 18.0 Å². The first kappa shape index (κ1) is 15.1. The van der Waals surface area contributed by atoms with E-state index in [1.54, 1.807) is 6.33 Å². The zero-order valence-corrected chi connectivity index (χ0v) is 12.6. The first-order valence-electron chi connectivity index (χ1n) is 6.42. The van der Waals surface area contributed by atoms with Gasteiger partial charge in [0.25, 0.3) is 0 Å². The minimum Gasteiger partial charge on any atom is -0.383 e. The summed E-state index contributed by atoms with van der Waals surface area (Å²) < 4.78 is 0. The Kier molecular flexibility index (Phi) is 6.25. The molecule has 102 valence electrons. The molecular formula is C13H24N4S. The molecule has 1 atom stereocenters. The molecule has 0 aliphatic rings. The zero-order valence-electron chi connectivity index (χ0n) is 11.8. The number of hydrogen-bond donors (Lipinski definition) is 1. The molecule has 1 aromatic heterocycles. The van der Waals surface area contributed by atoms with Crippen LogP contribution in [-0.2, 0) is 6.42 Å². The van der Waals surface area contributed by atoms with Crippen molar-refractivity contribution in [1.82, 2.24) is 9.97 Å². The minimum atomic E-state index is 0.461. The van der Waals surface area contributed by atoms with Crippen LogP contribution in [0.25, 0.3) is 0 Å². The van der Waals surface area contributed by atoms with Crippen molar-refractivity contribution < 1.29 is 0 Å². The van der Waals surface area contributed by atoms with Crippen molar-refractivity contribution in [2.24, 2.45) is 0 Å². The third-order valence-electron chi connectivity index (χ3n) is 3.19. The molecule has 0 spiro atoms. The van der Waals surface area contributed by atoms with Gasteiger partial charge in [0.05, 0.1) is 0 Å². The zero-order chi connectivity index (χ0) is 13.5. The first-order chi connectivity index (χ1) is 8.61. The van der Waals surface area contributed by atoms with Crippen LogP contribution in [0.5, 0.6) is 0 Å². The maximum Gasteiger partial charge on any atom is 0.137 e. The van der Waals surface area contributed by atoms with E-state index < -0.39 is 0 Å². The predicted octanol–water partition coefficient (Wildman–Crippen LogP) is 2.59. The highest BCUT2D eigenvalue weighted by Crippen LogP contribution is 2.24. The highest BCUT2D eigenvalue weighted by atomic mass is 32.2. The SMILES string of the molecule is CCCc1c(N)ncnc1N(C)C(C)CCSC. The number of nitrogens with two attached hydrogens (primary N) is 1. The van der Waals surface area contributed by atoms with E-state index in [1.807, 2.05) is 11.8 Å². The summed E-state index contributed by atoms with van der Waals surface area (Å²) in [5.74, 6) is 2.76. The Labute approximate surface area is 114 Å². The maximum atomic E-state index is 5.96. The van der Waals surface area contributed by atoms with Crippen LogP contribution >= 0.6 is 11.8 Å². The van der Waals surface area contributed by atoms with Gasteiger partial charge in [-0.05, 0) is 31.8 Å². The molecule has 0 amide bonds. The van der Waals surface area contributed by atoms with E-state index in [1.165, 1.54) is 0 Å². The van der Waals surface area contributed by atoms with Gasteiger partial charge in [0.2, 0.25) is 0 Å². The van der Waals surface area contributed by atoms with E-state index in [9.17, 15) is 0 Å². The summed E-state index contributed by atoms with van der Waals surface area (Å²) in [6, 6.07) is 0.461. The van der Waals surface area contributed by atoms with Gasteiger partial charge >= 0.3 is 0 Å². The van der Waals surface area contributed by atoms with Crippen LogP contribution in [0.3, 0.4) is 0 Å². The number of anilines is 2. The average molecular weight is 268 g/mol. The number of nitrogen functional groups attached to an aromatic ring is 1. The average Bonchev–Trinajstić information content (AvgIpc) is 2.37. The second-order valence-corrected chi connectivity index (χ2v) is 5.54. The molecule has 4 nitrogen and oxygen atoms in total. The molecule has 1 rings (SSSR count). The van der Waals surface area contributed by atoms with Crippen molar-refractivity contribution in [3.8, 4) is 0 Å². The fourth-order valence-corrected chi connectivity index (χ4v) is 2.48. The Bertz CT molecular complexity index is 370. The van der Waals surface area contributed by atoms with Gasteiger partial charge in [0.15, 0.2) is 0 Å². The lowest BCUT2D eigenvalue weighted by Gasteiger charge is -2.28. The van der Waals surface area contributed by atoms with Gasteiger partial charge in [0, 0.05) is 18.7 Å². The van der Waals surface area contributed by atoms with Crippen LogP contribution in [0.4, 0.5) is 11.6 Å². The van der Waals surface area contributed by atoms with Crippen LogP contribution in [0.15, 0.2) is 6.33 Å². The van der Waals surface area contributed by atoms with Crippen molar-refractivity contribution in [3.05, 3.63) is 11.9 Å². The van der Waals surface area contributed by atoms with Gasteiger partial charge < -0.3 is 10.6 Å². The summed E-state index contributed by atoms with van der Waals surface area (Å²) in [4.78, 5) is 10.7. The molecule has 0 saturated heterocycles. The molecule has 0 aliphatic heterocycles. The van der Waals surface area contributed by atoms with Crippen LogP contribution in [0.1, 0.15) is 32.3 Å². The Hall–Kier alpha value is -0.970. The molecule has 0 radical (unpaired) electrons. The monoisotopic (exact) mass is 268 g/mol. The van der Waals surface area contributed by atoms with Crippen LogP contribution < -0.4 is 10.6 Å². The van der Waals surface area contributed by atoms with E-state index >= 15 is 0 Å². The third kappa shape index (κ3) is 3.77. The van der Waals surface area contributed by atoms with Gasteiger partial charge in [-0.2, -0.15) is 11.8 Å². The van der Waals surface area contributed by atoms with E-state index in [0.29, 0.717) is 11.9 Å². The van der Waals surface area contributed by atoms with E-state index in [-0.39, 0.29) is 0 Å². The summed E-state index contributed by atoms with van der Waals surface area (Å²) in [5, 5.41) is 0. The Morgan fingerprint density at radius 1 is 1.44 bits per heavy atom. The maximum absolute atomic E-state index is 5.96. The minimum absolute atomic E-state index is 0.461. The van der Waals surface area contributed by atoms with Crippen molar-refractivity contribution in [2.45, 2.75) is 39.2 Å². The van der Waals surface area contributed by atoms with Gasteiger partial charge in [-0.25, -0.2) is 9.97 Å². The third-order valence-corrected chi connectivity index (χ3v) is 3.83. The summed E-state index contributed by atoms with van der Waals surface area (Å²) in [5.41, 5.74) is 7.05. The second-order valence-electron chi connectivity index (χ2n) is 4.55. The van der Waals surface area contributed by atoms with Gasteiger partial charge in [-0.3, -0.25) is 0 Å². The van der Waals surface area contributed by atoms with Crippen molar-refractivity contribution in [2.75, 3.05) is 29.7 Å². The van der Waals surface area contributed by atoms with E-state index in [4.69, 9.17) is 5.73 Å². The smallest absolute Gasteiger partial charge is 0.137 e. The highest BCUT2D eigenvalue weighted by molar-refractivity contribution is 7.98. The standard InChI is InChI=1S/C13H24N4S/c1-5-6-11-12(14)15-9-16-13(11)17(3)10(2)7-8-18-4/h9-10H,5-8H2,1-4H3,(H2,14,15,16). The molecule has 1 unspecified atom stereocenters. The molecule has 1 aromatic rings. The van der Waals surface area contributed by atoms with Crippen LogP contribution in [0.2, 0.25) is 0 Å². The van der Waals surface area contributed by atoms with Crippen molar-refractivity contribution in [3.63, 3.8) is 0 Å². The van der Waals surface area contributed by atoms with Crippen LogP contribution in [-0.4, -0.2) is 35.1 Å². The molecule has 2 N–H and O–H groups in total. The summed E-state index contributed by atoms with van der Waals surface area (Å²) in [6.45, 7) is 4.37. The number of aromatic nitrogens is 2. The fourth-order valence-electron chi connectivity index (χ4n) is 1.90. The Morgan fingerprint density at radius 2 is 2.17 bits per heavy atom. The molecular weight excluding hydrogens is 244 g/mol. The lowest BCUT2D eigenvalue weighted by molar-refractivity contribution is 0.657. The van der Waals surface area contributed by atoms with E-state index in [0.717, 1.165) is 36.4 Å². The van der Waals surface area contributed by atoms with Gasteiger partial charge in [-0.15, -0.1) is 0 Å². The molecule has 0 aliphatic carbocycles. The predicted molar refractivity (Wildman–Crippen MR) is 81.3 cm³/mol. The number of thioether (sulfide) groups is 1. The Morgan fingerprint density at radius 3 is 2.78 bits per heavy atom. The summed E-state index contributed by atoms with van der Waals surface area (Å²) in [7, 11) is 2.09. The number of rotatable bonds is 7. The summed E-state index contributed by atoms with van der Waals surface area (Å²) in [6.07, 6.45) is 6.83. The highest BCUT2D eigenvalue weighted by Gasteiger charge is 2.16. The number of nitrogens with zero attached hydrogens (tertiary/aromatic N) is 3. The summed E-state index contributed by atoms with van der Waals surface area (Å²) >= 11 is 1.88. The van der Waals surface area contributed by atoms with Crippen molar-refractivity contribution in [1.29, 1.82) is 0 Å². The molecule has 0 aromatic carbocycles. The fraction of sp³-hybridized carbons (Fsp3) is 0.692. The Balaban J connectivity index is 2.90. The lowest BCUT2D eigenvalue weighted by Crippen LogP contribution is -2.31. The van der Waals surface area contributed by atoms with Crippen LogP contribution in [0, 0.1) is 0 Å². The quantitative estimate of drug-likeness (QED) is 0.823. The molecule has 0 bridgehead atoms. The molecule has 5 heteroatoms. The normalized spacial score (nSPS) is 12.4.